The van der Waals surface area contributed by atoms with E-state index < -0.39 is 29.3 Å². The Balaban J connectivity index is 0.000000289. The predicted molar refractivity (Wildman–Crippen MR) is 93.6 cm³/mol. The standard InChI is InChI=1S/C10H9F3O3.C8H8O2S/c1-16-9(8(14)15,10(11,12)13)7-5-3-2-4-6-7;9-8(10)6-11-7-4-2-1-3-5-7/h2-6H,1H3,(H,14,15);1-5H,6H2,(H,9,10). The van der Waals surface area contributed by atoms with Crippen molar-refractivity contribution in [3.63, 3.8) is 0 Å². The number of carboxylic acids is 2. The number of methoxy groups -OCH3 is 1. The highest BCUT2D eigenvalue weighted by molar-refractivity contribution is 8.00. The van der Waals surface area contributed by atoms with E-state index in [1.165, 1.54) is 30.0 Å². The lowest BCUT2D eigenvalue weighted by Crippen LogP contribution is -2.50. The van der Waals surface area contributed by atoms with Crippen molar-refractivity contribution in [3.05, 3.63) is 66.2 Å². The molecule has 0 radical (unpaired) electrons. The van der Waals surface area contributed by atoms with Crippen LogP contribution in [0.5, 0.6) is 0 Å². The summed E-state index contributed by atoms with van der Waals surface area (Å²) in [6.07, 6.45) is -5.03. The molecule has 0 aliphatic rings. The normalized spacial score (nSPS) is 13.0. The fourth-order valence-electron chi connectivity index (χ4n) is 2.06. The lowest BCUT2D eigenvalue weighted by Gasteiger charge is -2.30. The predicted octanol–water partition coefficient (Wildman–Crippen LogP) is 4.04. The van der Waals surface area contributed by atoms with Crippen molar-refractivity contribution in [1.82, 2.24) is 0 Å². The van der Waals surface area contributed by atoms with Crippen LogP contribution in [0.3, 0.4) is 0 Å². The Labute approximate surface area is 157 Å². The third kappa shape index (κ3) is 6.00. The van der Waals surface area contributed by atoms with Crippen LogP contribution in [-0.2, 0) is 19.9 Å². The molecule has 146 valence electrons. The molecule has 0 heterocycles. The minimum absolute atomic E-state index is 0.129. The summed E-state index contributed by atoms with van der Waals surface area (Å²) in [6, 6.07) is 15.7. The van der Waals surface area contributed by atoms with E-state index in [9.17, 15) is 22.8 Å². The molecule has 2 N–H and O–H groups in total. The molecule has 0 aromatic heterocycles. The van der Waals surface area contributed by atoms with Gasteiger partial charge in [-0.15, -0.1) is 11.8 Å². The SMILES string of the molecule is COC(C(=O)O)(c1ccccc1)C(F)(F)F.O=C(O)CSc1ccccc1. The molecule has 0 bridgehead atoms. The number of hydrogen-bond donors (Lipinski definition) is 2. The second kappa shape index (κ2) is 9.98. The summed E-state index contributed by atoms with van der Waals surface area (Å²) in [6.45, 7) is 0. The quantitative estimate of drug-likeness (QED) is 0.710. The molecule has 0 spiro atoms. The van der Waals surface area contributed by atoms with Crippen molar-refractivity contribution in [2.45, 2.75) is 16.7 Å². The molecule has 2 aromatic rings. The van der Waals surface area contributed by atoms with Gasteiger partial charge in [-0.3, -0.25) is 4.79 Å². The minimum Gasteiger partial charge on any atom is -0.481 e. The lowest BCUT2D eigenvalue weighted by molar-refractivity contribution is -0.273. The molecule has 2 aromatic carbocycles. The molecule has 0 saturated carbocycles. The number of carboxylic acid groups (broad SMARTS) is 2. The number of aliphatic carboxylic acids is 2. The Morgan fingerprint density at radius 2 is 1.44 bits per heavy atom. The van der Waals surface area contributed by atoms with E-state index in [0.29, 0.717) is 7.11 Å². The van der Waals surface area contributed by atoms with Gasteiger partial charge in [0.15, 0.2) is 0 Å². The zero-order valence-electron chi connectivity index (χ0n) is 14.1. The van der Waals surface area contributed by atoms with Crippen LogP contribution in [0.2, 0.25) is 0 Å². The number of benzene rings is 2. The van der Waals surface area contributed by atoms with E-state index >= 15 is 0 Å². The average Bonchev–Trinajstić information content (AvgIpc) is 2.62. The monoisotopic (exact) mass is 402 g/mol. The lowest BCUT2D eigenvalue weighted by atomic mass is 9.93. The van der Waals surface area contributed by atoms with Gasteiger partial charge in [0.25, 0.3) is 5.60 Å². The highest BCUT2D eigenvalue weighted by Gasteiger charge is 2.63. The van der Waals surface area contributed by atoms with E-state index in [-0.39, 0.29) is 5.75 Å². The maximum absolute atomic E-state index is 12.8. The van der Waals surface area contributed by atoms with Crippen LogP contribution in [0.15, 0.2) is 65.6 Å². The van der Waals surface area contributed by atoms with E-state index in [1.54, 1.807) is 0 Å². The molecular formula is C18H17F3O5S. The van der Waals surface area contributed by atoms with Gasteiger partial charge in [0.2, 0.25) is 0 Å². The summed E-state index contributed by atoms with van der Waals surface area (Å²) in [4.78, 5) is 22.0. The molecule has 0 amide bonds. The van der Waals surface area contributed by atoms with Crippen LogP contribution in [0.4, 0.5) is 13.2 Å². The number of carbonyl (C=O) groups is 2. The fraction of sp³-hybridized carbons (Fsp3) is 0.222. The van der Waals surface area contributed by atoms with Crippen molar-refractivity contribution in [1.29, 1.82) is 0 Å². The molecular weight excluding hydrogens is 385 g/mol. The summed E-state index contributed by atoms with van der Waals surface area (Å²) in [5.41, 5.74) is -3.77. The molecule has 9 heteroatoms. The van der Waals surface area contributed by atoms with Gasteiger partial charge in [0.05, 0.1) is 5.75 Å². The summed E-state index contributed by atoms with van der Waals surface area (Å²) >= 11 is 1.33. The van der Waals surface area contributed by atoms with Crippen molar-refractivity contribution in [3.8, 4) is 0 Å². The average molecular weight is 402 g/mol. The molecule has 0 aliphatic carbocycles. The first-order chi connectivity index (χ1) is 12.6. The Morgan fingerprint density at radius 3 is 1.81 bits per heavy atom. The second-order valence-corrected chi connectivity index (χ2v) is 6.10. The first-order valence-corrected chi connectivity index (χ1v) is 8.44. The second-order valence-electron chi connectivity index (χ2n) is 5.05. The summed E-state index contributed by atoms with van der Waals surface area (Å²) in [7, 11) is 0.717. The van der Waals surface area contributed by atoms with Crippen molar-refractivity contribution < 1.29 is 37.7 Å². The third-order valence-electron chi connectivity index (χ3n) is 3.29. The van der Waals surface area contributed by atoms with Gasteiger partial charge in [0.1, 0.15) is 0 Å². The van der Waals surface area contributed by atoms with Crippen LogP contribution in [-0.4, -0.2) is 41.2 Å². The van der Waals surface area contributed by atoms with Crippen LogP contribution in [0.25, 0.3) is 0 Å². The fourth-order valence-corrected chi connectivity index (χ4v) is 2.70. The molecule has 0 saturated heterocycles. The third-order valence-corrected chi connectivity index (χ3v) is 4.29. The van der Waals surface area contributed by atoms with E-state index in [0.717, 1.165) is 17.0 Å². The van der Waals surface area contributed by atoms with Gasteiger partial charge >= 0.3 is 18.1 Å². The van der Waals surface area contributed by atoms with E-state index in [1.807, 2.05) is 30.3 Å². The summed E-state index contributed by atoms with van der Waals surface area (Å²) in [5.74, 6) is -2.74. The maximum atomic E-state index is 12.8. The topological polar surface area (TPSA) is 83.8 Å². The molecule has 1 unspecified atom stereocenters. The molecule has 27 heavy (non-hydrogen) atoms. The zero-order valence-corrected chi connectivity index (χ0v) is 15.0. The van der Waals surface area contributed by atoms with Crippen molar-refractivity contribution >= 4 is 23.7 Å². The first-order valence-electron chi connectivity index (χ1n) is 7.45. The molecule has 5 nitrogen and oxygen atoms in total. The minimum atomic E-state index is -5.03. The van der Waals surface area contributed by atoms with Gasteiger partial charge < -0.3 is 14.9 Å². The van der Waals surface area contributed by atoms with Gasteiger partial charge in [-0.05, 0) is 12.1 Å². The molecule has 2 rings (SSSR count). The van der Waals surface area contributed by atoms with Gasteiger partial charge in [0, 0.05) is 17.6 Å². The largest absolute Gasteiger partial charge is 0.481 e. The Hall–Kier alpha value is -2.52. The van der Waals surface area contributed by atoms with E-state index in [4.69, 9.17) is 10.2 Å². The summed E-state index contributed by atoms with van der Waals surface area (Å²) in [5, 5.41) is 17.1. The van der Waals surface area contributed by atoms with Gasteiger partial charge in [-0.2, -0.15) is 13.2 Å². The molecule has 1 atom stereocenters. The summed E-state index contributed by atoms with van der Waals surface area (Å²) < 4.78 is 42.6. The maximum Gasteiger partial charge on any atom is 0.432 e. The van der Waals surface area contributed by atoms with Gasteiger partial charge in [-0.25, -0.2) is 4.79 Å². The molecule has 0 aliphatic heterocycles. The van der Waals surface area contributed by atoms with E-state index in [2.05, 4.69) is 4.74 Å². The van der Waals surface area contributed by atoms with Crippen molar-refractivity contribution in [2.75, 3.05) is 12.9 Å². The number of halogens is 3. The number of ether oxygens (including phenoxy) is 1. The number of hydrogen-bond acceptors (Lipinski definition) is 4. The number of alkyl halides is 3. The number of rotatable bonds is 6. The Kier molecular flexibility index (Phi) is 8.32. The highest BCUT2D eigenvalue weighted by atomic mass is 32.2. The first kappa shape index (κ1) is 22.5. The smallest absolute Gasteiger partial charge is 0.432 e. The van der Waals surface area contributed by atoms with Crippen LogP contribution in [0.1, 0.15) is 5.56 Å². The highest BCUT2D eigenvalue weighted by Crippen LogP contribution is 2.41. The Morgan fingerprint density at radius 1 is 0.963 bits per heavy atom. The van der Waals surface area contributed by atoms with Crippen LogP contribution in [0, 0.1) is 0 Å². The van der Waals surface area contributed by atoms with Gasteiger partial charge in [-0.1, -0.05) is 48.5 Å². The van der Waals surface area contributed by atoms with Crippen molar-refractivity contribution in [2.24, 2.45) is 0 Å². The van der Waals surface area contributed by atoms with Crippen LogP contribution >= 0.6 is 11.8 Å². The number of thioether (sulfide) groups is 1. The zero-order chi connectivity index (χ0) is 20.5. The molecule has 0 fully saturated rings. The van der Waals surface area contributed by atoms with Crippen LogP contribution < -0.4 is 0 Å². The Bertz CT molecular complexity index is 738.